The van der Waals surface area contributed by atoms with Gasteiger partial charge in [-0.15, -0.1) is 0 Å². The summed E-state index contributed by atoms with van der Waals surface area (Å²) < 4.78 is 8.57. The molecule has 5 heteroatoms. The molecule has 0 radical (unpaired) electrons. The summed E-state index contributed by atoms with van der Waals surface area (Å²) in [5.41, 5.74) is 0. The van der Waals surface area contributed by atoms with E-state index in [9.17, 15) is 14.4 Å². The van der Waals surface area contributed by atoms with Gasteiger partial charge in [-0.25, -0.2) is 4.79 Å². The summed E-state index contributed by atoms with van der Waals surface area (Å²) in [6.45, 7) is 1.51. The molecule has 0 spiro atoms. The molecular formula is C8H12O5. The topological polar surface area (TPSA) is 69.7 Å². The number of methoxy groups -OCH3 is 2. The molecule has 74 valence electrons. The van der Waals surface area contributed by atoms with E-state index in [1.165, 1.54) is 14.0 Å². The molecule has 0 bridgehead atoms. The fraction of sp³-hybridized carbons (Fsp3) is 0.625. The molecule has 0 fully saturated rings. The summed E-state index contributed by atoms with van der Waals surface area (Å²) in [6, 6.07) is 0. The van der Waals surface area contributed by atoms with E-state index < -0.39 is 23.6 Å². The third-order valence-electron chi connectivity index (χ3n) is 1.51. The predicted octanol–water partition coefficient (Wildman–Crippen LogP) is -0.0723. The zero-order chi connectivity index (χ0) is 10.4. The van der Waals surface area contributed by atoms with Crippen molar-refractivity contribution in [3.05, 3.63) is 0 Å². The molecule has 0 rings (SSSR count). The number of carbonyl (C=O) groups is 3. The first-order valence-corrected chi connectivity index (χ1v) is 3.71. The Morgan fingerprint density at radius 1 is 1.15 bits per heavy atom. The van der Waals surface area contributed by atoms with Crippen LogP contribution in [0.3, 0.4) is 0 Å². The van der Waals surface area contributed by atoms with Crippen LogP contribution in [0.1, 0.15) is 13.3 Å². The fourth-order valence-corrected chi connectivity index (χ4v) is 0.760. The van der Waals surface area contributed by atoms with Crippen LogP contribution in [-0.4, -0.2) is 31.9 Å². The van der Waals surface area contributed by atoms with Gasteiger partial charge in [-0.05, 0) is 0 Å². The average Bonchev–Trinajstić information content (AvgIpc) is 2.14. The lowest BCUT2D eigenvalue weighted by Crippen LogP contribution is -2.22. The van der Waals surface area contributed by atoms with Crippen LogP contribution in [0.4, 0.5) is 0 Å². The fourth-order valence-electron chi connectivity index (χ4n) is 0.760. The van der Waals surface area contributed by atoms with Crippen molar-refractivity contribution in [3.8, 4) is 0 Å². The van der Waals surface area contributed by atoms with E-state index in [2.05, 4.69) is 9.47 Å². The van der Waals surface area contributed by atoms with E-state index in [0.29, 0.717) is 0 Å². The second-order valence-electron chi connectivity index (χ2n) is 2.54. The molecule has 0 aromatic carbocycles. The van der Waals surface area contributed by atoms with Gasteiger partial charge >= 0.3 is 11.9 Å². The minimum atomic E-state index is -0.934. The lowest BCUT2D eigenvalue weighted by molar-refractivity contribution is -0.154. The summed E-state index contributed by atoms with van der Waals surface area (Å²) in [5.74, 6) is -2.79. The first kappa shape index (κ1) is 11.6. The molecule has 0 saturated heterocycles. The van der Waals surface area contributed by atoms with Gasteiger partial charge in [0.2, 0.25) is 5.78 Å². The number of ketones is 1. The molecule has 0 aliphatic rings. The molecule has 0 aromatic heterocycles. The Balaban J connectivity index is 4.06. The number of Topliss-reactive ketones (excluding diaryl/α,β-unsaturated/α-hetero) is 1. The van der Waals surface area contributed by atoms with Crippen molar-refractivity contribution in [2.24, 2.45) is 5.92 Å². The monoisotopic (exact) mass is 188 g/mol. The Morgan fingerprint density at radius 3 is 2.08 bits per heavy atom. The first-order valence-electron chi connectivity index (χ1n) is 3.71. The van der Waals surface area contributed by atoms with Gasteiger partial charge in [0.1, 0.15) is 0 Å². The van der Waals surface area contributed by atoms with Gasteiger partial charge in [0, 0.05) is 6.42 Å². The number of carbonyl (C=O) groups excluding carboxylic acids is 3. The van der Waals surface area contributed by atoms with Crippen molar-refractivity contribution in [3.63, 3.8) is 0 Å². The smallest absolute Gasteiger partial charge is 0.374 e. The summed E-state index contributed by atoms with van der Waals surface area (Å²) >= 11 is 0. The van der Waals surface area contributed by atoms with Gasteiger partial charge in [0.25, 0.3) is 0 Å². The normalized spacial score (nSPS) is 11.6. The molecule has 0 N–H and O–H groups in total. The second-order valence-corrected chi connectivity index (χ2v) is 2.54. The van der Waals surface area contributed by atoms with Crippen molar-refractivity contribution in [1.82, 2.24) is 0 Å². The standard InChI is InChI=1S/C8H12O5/c1-5(7(10)12-2)4-6(9)8(11)13-3/h5H,4H2,1-3H3/t5-/m0/s1. The van der Waals surface area contributed by atoms with Gasteiger partial charge in [-0.1, -0.05) is 6.92 Å². The Bertz CT molecular complexity index is 221. The molecule has 0 saturated carbocycles. The quantitative estimate of drug-likeness (QED) is 0.456. The maximum absolute atomic E-state index is 10.9. The summed E-state index contributed by atoms with van der Waals surface area (Å²) in [7, 11) is 2.34. The first-order chi connectivity index (χ1) is 6.02. The van der Waals surface area contributed by atoms with Crippen molar-refractivity contribution in [2.45, 2.75) is 13.3 Å². The highest BCUT2D eigenvalue weighted by Crippen LogP contribution is 2.05. The minimum Gasteiger partial charge on any atom is -0.469 e. The highest BCUT2D eigenvalue weighted by molar-refractivity contribution is 6.33. The molecule has 13 heavy (non-hydrogen) atoms. The molecule has 0 amide bonds. The van der Waals surface area contributed by atoms with Gasteiger partial charge < -0.3 is 9.47 Å². The van der Waals surface area contributed by atoms with E-state index >= 15 is 0 Å². The van der Waals surface area contributed by atoms with Crippen molar-refractivity contribution in [2.75, 3.05) is 14.2 Å². The largest absolute Gasteiger partial charge is 0.469 e. The second kappa shape index (κ2) is 5.29. The molecule has 0 aliphatic carbocycles. The van der Waals surface area contributed by atoms with E-state index in [0.717, 1.165) is 7.11 Å². The Hall–Kier alpha value is -1.39. The average molecular weight is 188 g/mol. The zero-order valence-electron chi connectivity index (χ0n) is 7.83. The van der Waals surface area contributed by atoms with Crippen LogP contribution in [0.15, 0.2) is 0 Å². The van der Waals surface area contributed by atoms with Gasteiger partial charge in [-0.2, -0.15) is 0 Å². The number of rotatable bonds is 4. The third kappa shape index (κ3) is 3.68. The van der Waals surface area contributed by atoms with E-state index in [1.54, 1.807) is 0 Å². The Morgan fingerprint density at radius 2 is 1.69 bits per heavy atom. The highest BCUT2D eigenvalue weighted by atomic mass is 16.5. The van der Waals surface area contributed by atoms with Crippen molar-refractivity contribution >= 4 is 17.7 Å². The third-order valence-corrected chi connectivity index (χ3v) is 1.51. The molecule has 0 heterocycles. The van der Waals surface area contributed by atoms with Crippen molar-refractivity contribution < 1.29 is 23.9 Å². The minimum absolute atomic E-state index is 0.181. The lowest BCUT2D eigenvalue weighted by Gasteiger charge is -2.06. The van der Waals surface area contributed by atoms with Crippen LogP contribution in [0.25, 0.3) is 0 Å². The molecule has 0 aromatic rings. The van der Waals surface area contributed by atoms with E-state index in [1.807, 2.05) is 0 Å². The van der Waals surface area contributed by atoms with Crippen LogP contribution in [0.5, 0.6) is 0 Å². The van der Waals surface area contributed by atoms with Crippen LogP contribution in [0.2, 0.25) is 0 Å². The molecule has 1 atom stereocenters. The van der Waals surface area contributed by atoms with E-state index in [4.69, 9.17) is 0 Å². The van der Waals surface area contributed by atoms with Crippen LogP contribution >= 0.6 is 0 Å². The highest BCUT2D eigenvalue weighted by Gasteiger charge is 2.22. The zero-order valence-corrected chi connectivity index (χ0v) is 7.83. The number of hydrogen-bond donors (Lipinski definition) is 0. The van der Waals surface area contributed by atoms with Crippen LogP contribution < -0.4 is 0 Å². The van der Waals surface area contributed by atoms with Gasteiger partial charge in [-0.3, -0.25) is 9.59 Å². The lowest BCUT2D eigenvalue weighted by atomic mass is 10.1. The van der Waals surface area contributed by atoms with Gasteiger partial charge in [0.05, 0.1) is 20.1 Å². The maximum Gasteiger partial charge on any atom is 0.374 e. The summed E-state index contributed by atoms with van der Waals surface area (Å²) in [4.78, 5) is 32.4. The summed E-state index contributed by atoms with van der Waals surface area (Å²) in [6.07, 6.45) is -0.181. The molecule has 0 unspecified atom stereocenters. The Kier molecular flexibility index (Phi) is 4.72. The number of esters is 2. The number of ether oxygens (including phenoxy) is 2. The molecular weight excluding hydrogens is 176 g/mol. The van der Waals surface area contributed by atoms with Gasteiger partial charge in [0.15, 0.2) is 0 Å². The van der Waals surface area contributed by atoms with E-state index in [-0.39, 0.29) is 6.42 Å². The Labute approximate surface area is 76.0 Å². The van der Waals surface area contributed by atoms with Crippen molar-refractivity contribution in [1.29, 1.82) is 0 Å². The SMILES string of the molecule is COC(=O)C(=O)C[C@H](C)C(=O)OC. The molecule has 0 aliphatic heterocycles. The number of hydrogen-bond acceptors (Lipinski definition) is 5. The molecule has 5 nitrogen and oxygen atoms in total. The van der Waals surface area contributed by atoms with Crippen LogP contribution in [0, 0.1) is 5.92 Å². The summed E-state index contributed by atoms with van der Waals surface area (Å²) in [5, 5.41) is 0. The van der Waals surface area contributed by atoms with Crippen LogP contribution in [-0.2, 0) is 23.9 Å². The maximum atomic E-state index is 10.9. The predicted molar refractivity (Wildman–Crippen MR) is 42.8 cm³/mol.